The minimum atomic E-state index is 0.367. The van der Waals surface area contributed by atoms with Gasteiger partial charge in [0, 0.05) is 6.61 Å². The number of hydrogen-bond donors (Lipinski definition) is 1. The summed E-state index contributed by atoms with van der Waals surface area (Å²) in [6.07, 6.45) is 27.9. The molecule has 0 atom stereocenters. The van der Waals surface area contributed by atoms with E-state index in [0.29, 0.717) is 6.61 Å². The summed E-state index contributed by atoms with van der Waals surface area (Å²) in [5.41, 5.74) is 0. The van der Waals surface area contributed by atoms with Gasteiger partial charge in [0.25, 0.3) is 0 Å². The first-order valence-electron chi connectivity index (χ1n) is 11.9. The SMILES string of the molecule is CCCCCCCCCCCCCCCC.CCCCCCCCO. The lowest BCUT2D eigenvalue weighted by Crippen LogP contribution is -1.82. The van der Waals surface area contributed by atoms with Gasteiger partial charge in [-0.3, -0.25) is 0 Å². The lowest BCUT2D eigenvalue weighted by atomic mass is 10.0. The van der Waals surface area contributed by atoms with E-state index < -0.39 is 0 Å². The Morgan fingerprint density at radius 1 is 0.320 bits per heavy atom. The largest absolute Gasteiger partial charge is 0.396 e. The molecule has 0 unspecified atom stereocenters. The average Bonchev–Trinajstić information content (AvgIpc) is 2.63. The average molecular weight is 357 g/mol. The van der Waals surface area contributed by atoms with E-state index in [1.165, 1.54) is 122 Å². The molecule has 0 aliphatic carbocycles. The van der Waals surface area contributed by atoms with Crippen LogP contribution in [0, 0.1) is 0 Å². The molecule has 0 amide bonds. The Hall–Kier alpha value is -0.0400. The van der Waals surface area contributed by atoms with Crippen molar-refractivity contribution >= 4 is 0 Å². The van der Waals surface area contributed by atoms with Crippen molar-refractivity contribution < 1.29 is 5.11 Å². The fourth-order valence-electron chi connectivity index (χ4n) is 3.16. The Labute approximate surface area is 161 Å². The predicted octanol–water partition coefficient (Wildman–Crippen LogP) is 8.83. The molecule has 0 saturated carbocycles. The Morgan fingerprint density at radius 3 is 0.720 bits per heavy atom. The highest BCUT2D eigenvalue weighted by Gasteiger charge is 1.92. The molecule has 0 spiro atoms. The van der Waals surface area contributed by atoms with Crippen molar-refractivity contribution in [2.45, 2.75) is 149 Å². The smallest absolute Gasteiger partial charge is 0.0431 e. The highest BCUT2D eigenvalue weighted by atomic mass is 16.2. The molecular weight excluding hydrogens is 304 g/mol. The van der Waals surface area contributed by atoms with Crippen LogP contribution in [0.3, 0.4) is 0 Å². The number of aliphatic hydroxyl groups excluding tert-OH is 1. The van der Waals surface area contributed by atoms with Gasteiger partial charge in [-0.05, 0) is 6.42 Å². The van der Waals surface area contributed by atoms with E-state index in [1.807, 2.05) is 0 Å². The number of aliphatic hydroxyl groups is 1. The third kappa shape index (κ3) is 32.1. The van der Waals surface area contributed by atoms with Crippen molar-refractivity contribution in [3.63, 3.8) is 0 Å². The van der Waals surface area contributed by atoms with Crippen molar-refractivity contribution in [3.05, 3.63) is 0 Å². The first-order chi connectivity index (χ1) is 12.3. The van der Waals surface area contributed by atoms with E-state index in [4.69, 9.17) is 5.11 Å². The normalized spacial score (nSPS) is 10.6. The van der Waals surface area contributed by atoms with E-state index in [9.17, 15) is 0 Å². The van der Waals surface area contributed by atoms with Crippen LogP contribution < -0.4 is 0 Å². The van der Waals surface area contributed by atoms with E-state index in [2.05, 4.69) is 20.8 Å². The Balaban J connectivity index is 0. The fraction of sp³-hybridized carbons (Fsp3) is 1.00. The number of rotatable bonds is 19. The van der Waals surface area contributed by atoms with Crippen LogP contribution in [0.5, 0.6) is 0 Å². The topological polar surface area (TPSA) is 20.2 Å². The molecule has 0 heterocycles. The summed E-state index contributed by atoms with van der Waals surface area (Å²) in [5, 5.41) is 8.42. The summed E-state index contributed by atoms with van der Waals surface area (Å²) >= 11 is 0. The van der Waals surface area contributed by atoms with Gasteiger partial charge < -0.3 is 5.11 Å². The predicted molar refractivity (Wildman–Crippen MR) is 116 cm³/mol. The van der Waals surface area contributed by atoms with Crippen LogP contribution in [0.4, 0.5) is 0 Å². The highest BCUT2D eigenvalue weighted by molar-refractivity contribution is 4.48. The van der Waals surface area contributed by atoms with Gasteiger partial charge in [0.2, 0.25) is 0 Å². The van der Waals surface area contributed by atoms with Gasteiger partial charge in [-0.2, -0.15) is 0 Å². The zero-order valence-electron chi connectivity index (χ0n) is 18.3. The monoisotopic (exact) mass is 356 g/mol. The highest BCUT2D eigenvalue weighted by Crippen LogP contribution is 2.12. The zero-order chi connectivity index (χ0) is 18.8. The van der Waals surface area contributed by atoms with Crippen LogP contribution in [0.15, 0.2) is 0 Å². The minimum Gasteiger partial charge on any atom is -0.396 e. The second-order valence-electron chi connectivity index (χ2n) is 7.73. The summed E-state index contributed by atoms with van der Waals surface area (Å²) in [6.45, 7) is 7.16. The van der Waals surface area contributed by atoms with Gasteiger partial charge in [-0.1, -0.05) is 143 Å². The third-order valence-electron chi connectivity index (χ3n) is 4.97. The molecule has 0 aliphatic rings. The third-order valence-corrected chi connectivity index (χ3v) is 4.97. The van der Waals surface area contributed by atoms with Gasteiger partial charge in [0.1, 0.15) is 0 Å². The van der Waals surface area contributed by atoms with Gasteiger partial charge in [0.05, 0.1) is 0 Å². The molecule has 0 aromatic rings. The molecule has 0 fully saturated rings. The van der Waals surface area contributed by atoms with Crippen molar-refractivity contribution in [2.75, 3.05) is 6.61 Å². The molecule has 0 bridgehead atoms. The van der Waals surface area contributed by atoms with Crippen LogP contribution >= 0.6 is 0 Å². The lowest BCUT2D eigenvalue weighted by molar-refractivity contribution is 0.282. The molecule has 0 rings (SSSR count). The maximum absolute atomic E-state index is 8.42. The first kappa shape index (κ1) is 27.2. The molecule has 0 radical (unpaired) electrons. The Morgan fingerprint density at radius 2 is 0.520 bits per heavy atom. The molecule has 0 saturated heterocycles. The standard InChI is InChI=1S/C16H34.C8H18O/c1-3-5-7-9-11-13-15-16-14-12-10-8-6-4-2;1-2-3-4-5-6-7-8-9/h3-16H2,1-2H3;9H,2-8H2,1H3. The summed E-state index contributed by atoms with van der Waals surface area (Å²) < 4.78 is 0. The maximum Gasteiger partial charge on any atom is 0.0431 e. The number of hydrogen-bond acceptors (Lipinski definition) is 1. The first-order valence-corrected chi connectivity index (χ1v) is 11.9. The van der Waals surface area contributed by atoms with Crippen molar-refractivity contribution in [3.8, 4) is 0 Å². The second-order valence-corrected chi connectivity index (χ2v) is 7.73. The van der Waals surface area contributed by atoms with Gasteiger partial charge in [-0.15, -0.1) is 0 Å². The molecule has 154 valence electrons. The van der Waals surface area contributed by atoms with Crippen LogP contribution in [-0.2, 0) is 0 Å². The van der Waals surface area contributed by atoms with E-state index in [1.54, 1.807) is 0 Å². The lowest BCUT2D eigenvalue weighted by Gasteiger charge is -2.02. The Bertz CT molecular complexity index is 171. The number of unbranched alkanes of at least 4 members (excludes halogenated alkanes) is 18. The van der Waals surface area contributed by atoms with Gasteiger partial charge >= 0.3 is 0 Å². The van der Waals surface area contributed by atoms with E-state index in [0.717, 1.165) is 6.42 Å². The molecule has 1 heteroatoms. The van der Waals surface area contributed by atoms with Crippen molar-refractivity contribution in [1.29, 1.82) is 0 Å². The van der Waals surface area contributed by atoms with Crippen LogP contribution in [0.25, 0.3) is 0 Å². The molecular formula is C24H52O. The minimum absolute atomic E-state index is 0.367. The van der Waals surface area contributed by atoms with Gasteiger partial charge in [0.15, 0.2) is 0 Å². The maximum atomic E-state index is 8.42. The zero-order valence-corrected chi connectivity index (χ0v) is 18.3. The van der Waals surface area contributed by atoms with E-state index >= 15 is 0 Å². The fourth-order valence-corrected chi connectivity index (χ4v) is 3.16. The molecule has 25 heavy (non-hydrogen) atoms. The van der Waals surface area contributed by atoms with Crippen LogP contribution in [-0.4, -0.2) is 11.7 Å². The Kier molecular flexibility index (Phi) is 31.3. The summed E-state index contributed by atoms with van der Waals surface area (Å²) in [6, 6.07) is 0. The molecule has 1 nitrogen and oxygen atoms in total. The molecule has 1 N–H and O–H groups in total. The van der Waals surface area contributed by atoms with Crippen LogP contribution in [0.1, 0.15) is 149 Å². The second kappa shape index (κ2) is 28.8. The van der Waals surface area contributed by atoms with Crippen molar-refractivity contribution in [2.24, 2.45) is 0 Å². The van der Waals surface area contributed by atoms with Gasteiger partial charge in [-0.25, -0.2) is 0 Å². The van der Waals surface area contributed by atoms with Crippen LogP contribution in [0.2, 0.25) is 0 Å². The van der Waals surface area contributed by atoms with E-state index in [-0.39, 0.29) is 0 Å². The van der Waals surface area contributed by atoms with Crippen molar-refractivity contribution in [1.82, 2.24) is 0 Å². The molecule has 0 aliphatic heterocycles. The molecule has 0 aromatic heterocycles. The summed E-state index contributed by atoms with van der Waals surface area (Å²) in [5.74, 6) is 0. The molecule has 0 aromatic carbocycles. The summed E-state index contributed by atoms with van der Waals surface area (Å²) in [7, 11) is 0. The quantitative estimate of drug-likeness (QED) is 0.229. The summed E-state index contributed by atoms with van der Waals surface area (Å²) in [4.78, 5) is 0.